The molecule has 0 aliphatic heterocycles. The normalized spacial score (nSPS) is 10.2. The Hall–Kier alpha value is -1.06. The van der Waals surface area contributed by atoms with Crippen LogP contribution in [0.4, 0.5) is 17.6 Å². The monoisotopic (exact) mass is 336 g/mol. The van der Waals surface area contributed by atoms with Crippen molar-refractivity contribution in [1.82, 2.24) is 0 Å². The van der Waals surface area contributed by atoms with Gasteiger partial charge in [-0.25, -0.2) is 18.0 Å². The Balaban J connectivity index is 3.70. The quantitative estimate of drug-likeness (QED) is 0.391. The molecule has 0 heterocycles. The summed E-state index contributed by atoms with van der Waals surface area (Å²) in [7, 11) is 0. The van der Waals surface area contributed by atoms with Crippen LogP contribution in [0.25, 0.3) is 0 Å². The van der Waals surface area contributed by atoms with E-state index in [1.807, 2.05) is 0 Å². The van der Waals surface area contributed by atoms with E-state index < -0.39 is 40.6 Å². The van der Waals surface area contributed by atoms with Gasteiger partial charge < -0.3 is 8.17 Å². The number of carbonyl (C=O) groups is 1. The van der Waals surface area contributed by atoms with Crippen molar-refractivity contribution in [1.29, 1.82) is 0 Å². The minimum absolute atomic E-state index is 1.02. The van der Waals surface area contributed by atoms with Gasteiger partial charge in [0.2, 0.25) is 11.6 Å². The van der Waals surface area contributed by atoms with Crippen LogP contribution in [-0.2, 0) is 0 Å². The zero-order chi connectivity index (χ0) is 11.7. The van der Waals surface area contributed by atoms with Crippen molar-refractivity contribution >= 4 is 29.0 Å². The van der Waals surface area contributed by atoms with Crippen molar-refractivity contribution in [2.45, 2.75) is 0 Å². The van der Waals surface area contributed by atoms with Crippen LogP contribution in [-0.4, -0.2) is 11.1 Å². The molecule has 1 N–H and O–H groups in total. The largest absolute Gasteiger partial charge is 0.477 e. The highest BCUT2D eigenvalue weighted by molar-refractivity contribution is 14.1. The molecule has 0 spiro atoms. The van der Waals surface area contributed by atoms with E-state index in [1.54, 1.807) is 0 Å². The van der Waals surface area contributed by atoms with Crippen LogP contribution < -0.4 is 3.07 Å². The molecule has 15 heavy (non-hydrogen) atoms. The van der Waals surface area contributed by atoms with E-state index >= 15 is 0 Å². The first-order valence-corrected chi connectivity index (χ1v) is 4.17. The van der Waals surface area contributed by atoms with Crippen LogP contribution in [0.3, 0.4) is 0 Å². The van der Waals surface area contributed by atoms with Gasteiger partial charge in [0.1, 0.15) is 5.56 Å². The van der Waals surface area contributed by atoms with Gasteiger partial charge in [-0.3, -0.25) is 0 Å². The fourth-order valence-electron chi connectivity index (χ4n) is 0.875. The molecule has 0 radical (unpaired) electrons. The summed E-state index contributed by atoms with van der Waals surface area (Å²) in [6, 6.07) is 0. The van der Waals surface area contributed by atoms with E-state index in [9.17, 15) is 22.4 Å². The summed E-state index contributed by atoms with van der Waals surface area (Å²) in [5.41, 5.74) is -1.39. The summed E-state index contributed by atoms with van der Waals surface area (Å²) in [6.07, 6.45) is 0. The molecule has 0 aliphatic rings. The van der Waals surface area contributed by atoms with Crippen molar-refractivity contribution in [3.63, 3.8) is 0 Å². The lowest BCUT2D eigenvalue weighted by Crippen LogP contribution is -2.09. The minimum Gasteiger partial charge on any atom is -0.477 e. The third kappa shape index (κ3) is 1.85. The van der Waals surface area contributed by atoms with Gasteiger partial charge >= 0.3 is 5.97 Å². The predicted octanol–water partition coefficient (Wildman–Crippen LogP) is 2.67. The summed E-state index contributed by atoms with van der Waals surface area (Å²) in [4.78, 5) is 10.4. The maximum absolute atomic E-state index is 12.9. The molecule has 0 aliphatic carbocycles. The molecule has 0 unspecified atom stereocenters. The molecule has 3 nitrogen and oxygen atoms in total. The number of hydrogen-bond donors (Lipinski definition) is 1. The van der Waals surface area contributed by atoms with Gasteiger partial charge in [-0.05, 0) is 0 Å². The number of aromatic carboxylic acids is 1. The smallest absolute Gasteiger partial charge is 0.342 e. The zero-order valence-corrected chi connectivity index (χ0v) is 8.81. The molecule has 0 atom stereocenters. The second-order valence-corrected chi connectivity index (χ2v) is 2.78. The first-order chi connectivity index (χ1) is 6.91. The Labute approximate surface area is 94.3 Å². The van der Waals surface area contributed by atoms with Gasteiger partial charge in [-0.2, -0.15) is 4.39 Å². The highest BCUT2D eigenvalue weighted by atomic mass is 127. The number of benzene rings is 1. The van der Waals surface area contributed by atoms with Crippen LogP contribution in [0.1, 0.15) is 10.4 Å². The SMILES string of the molecule is O=C(O)c1c(F)c(F)c(F)c(F)c1OI. The van der Waals surface area contributed by atoms with Crippen molar-refractivity contribution in [2.75, 3.05) is 0 Å². The molecule has 0 saturated carbocycles. The van der Waals surface area contributed by atoms with E-state index in [0.29, 0.717) is 0 Å². The molecule has 0 saturated heterocycles. The molecule has 0 bridgehead atoms. The van der Waals surface area contributed by atoms with Gasteiger partial charge in [0.25, 0.3) is 0 Å². The van der Waals surface area contributed by atoms with E-state index in [2.05, 4.69) is 3.07 Å². The highest BCUT2D eigenvalue weighted by Crippen LogP contribution is 2.31. The molecule has 1 rings (SSSR count). The lowest BCUT2D eigenvalue weighted by molar-refractivity contribution is 0.0687. The van der Waals surface area contributed by atoms with E-state index in [-0.39, 0.29) is 0 Å². The average molecular weight is 336 g/mol. The molecule has 0 fully saturated rings. The summed E-state index contributed by atoms with van der Waals surface area (Å²) < 4.78 is 55.1. The Morgan fingerprint density at radius 2 is 1.53 bits per heavy atom. The van der Waals surface area contributed by atoms with Crippen molar-refractivity contribution in [3.8, 4) is 5.75 Å². The van der Waals surface area contributed by atoms with Crippen LogP contribution in [0.2, 0.25) is 0 Å². The number of carboxylic acids is 1. The maximum atomic E-state index is 12.9. The molecule has 8 heteroatoms. The van der Waals surface area contributed by atoms with Gasteiger partial charge in [0.05, 0.1) is 0 Å². The van der Waals surface area contributed by atoms with Crippen LogP contribution >= 0.6 is 23.0 Å². The Morgan fingerprint density at radius 3 is 1.93 bits per heavy atom. The van der Waals surface area contributed by atoms with Crippen molar-refractivity contribution < 1.29 is 30.5 Å². The van der Waals surface area contributed by atoms with Crippen molar-refractivity contribution in [3.05, 3.63) is 28.8 Å². The number of carboxylic acid groups (broad SMARTS) is 1. The Kier molecular flexibility index (Phi) is 3.37. The lowest BCUT2D eigenvalue weighted by atomic mass is 10.1. The van der Waals surface area contributed by atoms with Gasteiger partial charge in [-0.1, -0.05) is 0 Å². The third-order valence-electron chi connectivity index (χ3n) is 1.52. The average Bonchev–Trinajstić information content (AvgIpc) is 2.19. The topological polar surface area (TPSA) is 46.5 Å². The number of halogens is 5. The molecule has 0 amide bonds. The maximum Gasteiger partial charge on any atom is 0.342 e. The summed E-state index contributed by atoms with van der Waals surface area (Å²) in [5.74, 6) is -11.4. The minimum atomic E-state index is -2.19. The Morgan fingerprint density at radius 1 is 1.07 bits per heavy atom. The van der Waals surface area contributed by atoms with Crippen LogP contribution in [0, 0.1) is 23.3 Å². The fourth-order valence-corrected chi connectivity index (χ4v) is 1.29. The molecule has 1 aromatic rings. The van der Waals surface area contributed by atoms with Crippen LogP contribution in [0.15, 0.2) is 0 Å². The van der Waals surface area contributed by atoms with E-state index in [1.165, 1.54) is 0 Å². The molecular weight excluding hydrogens is 335 g/mol. The first-order valence-electron chi connectivity index (χ1n) is 3.29. The predicted molar refractivity (Wildman–Crippen MR) is 47.9 cm³/mol. The molecule has 1 aromatic carbocycles. The number of hydrogen-bond acceptors (Lipinski definition) is 2. The second kappa shape index (κ2) is 4.21. The first kappa shape index (κ1) is 12.0. The highest BCUT2D eigenvalue weighted by Gasteiger charge is 2.30. The molecule has 0 aromatic heterocycles. The fraction of sp³-hybridized carbons (Fsp3) is 0. The van der Waals surface area contributed by atoms with Gasteiger partial charge in [0, 0.05) is 0 Å². The number of rotatable bonds is 2. The third-order valence-corrected chi connectivity index (χ3v) is 1.96. The summed E-state index contributed by atoms with van der Waals surface area (Å²) >= 11 is 1.02. The molecular formula is C7HF4IO3. The molecule has 82 valence electrons. The van der Waals surface area contributed by atoms with Gasteiger partial charge in [0.15, 0.2) is 40.4 Å². The van der Waals surface area contributed by atoms with Gasteiger partial charge in [-0.15, -0.1) is 0 Å². The standard InChI is InChI=1S/C7HF4IO3/c8-2-1(7(13)14)6(15-12)5(11)4(10)3(2)9/h(H,13,14). The van der Waals surface area contributed by atoms with E-state index in [4.69, 9.17) is 5.11 Å². The lowest BCUT2D eigenvalue weighted by Gasteiger charge is -2.07. The van der Waals surface area contributed by atoms with Crippen molar-refractivity contribution in [2.24, 2.45) is 0 Å². The second-order valence-electron chi connectivity index (χ2n) is 2.34. The Bertz CT molecular complexity index is 435. The zero-order valence-electron chi connectivity index (χ0n) is 6.65. The summed E-state index contributed by atoms with van der Waals surface area (Å²) in [5, 5.41) is 8.44. The van der Waals surface area contributed by atoms with E-state index in [0.717, 1.165) is 23.0 Å². The summed E-state index contributed by atoms with van der Waals surface area (Å²) in [6.45, 7) is 0. The van der Waals surface area contributed by atoms with Crippen LogP contribution in [0.5, 0.6) is 5.75 Å².